The predicted molar refractivity (Wildman–Crippen MR) is 29.6 cm³/mol. The van der Waals surface area contributed by atoms with Crippen LogP contribution in [0.15, 0.2) is 0 Å². The second-order valence-corrected chi connectivity index (χ2v) is 1.71. The van der Waals surface area contributed by atoms with Gasteiger partial charge < -0.3 is 5.32 Å². The van der Waals surface area contributed by atoms with Crippen LogP contribution in [0, 0.1) is 0 Å². The van der Waals surface area contributed by atoms with Gasteiger partial charge in [0.15, 0.2) is 0 Å². The van der Waals surface area contributed by atoms with Crippen LogP contribution in [0.25, 0.3) is 0 Å². The van der Waals surface area contributed by atoms with E-state index in [1.807, 2.05) is 6.92 Å². The monoisotopic (exact) mass is 125 g/mol. The van der Waals surface area contributed by atoms with E-state index in [-0.39, 0.29) is 18.4 Å². The van der Waals surface area contributed by atoms with E-state index in [0.29, 0.717) is 6.54 Å². The first kappa shape index (κ1) is 7.18. The lowest BCUT2D eigenvalue weighted by Crippen LogP contribution is -2.52. The topological polar surface area (TPSA) is 12.0 Å². The molecule has 0 bridgehead atoms. The standard InChI is InChI=1S/C4H8FN.ClH/c1-3-4(5)2-6-3;/h3-4,6H,2H2,1H3;1H/t3-,4+;/m1./s1. The molecule has 1 N–H and O–H groups in total. The summed E-state index contributed by atoms with van der Waals surface area (Å²) in [5.74, 6) is 0. The lowest BCUT2D eigenvalue weighted by Gasteiger charge is -2.28. The highest BCUT2D eigenvalue weighted by Gasteiger charge is 2.24. The van der Waals surface area contributed by atoms with Gasteiger partial charge in [-0.1, -0.05) is 0 Å². The summed E-state index contributed by atoms with van der Waals surface area (Å²) in [6.07, 6.45) is -0.579. The van der Waals surface area contributed by atoms with E-state index in [1.54, 1.807) is 0 Å². The predicted octanol–water partition coefficient (Wildman–Crippen LogP) is 0.738. The van der Waals surface area contributed by atoms with Crippen LogP contribution in [0.2, 0.25) is 0 Å². The zero-order valence-electron chi connectivity index (χ0n) is 4.15. The maximum atomic E-state index is 11.8. The summed E-state index contributed by atoms with van der Waals surface area (Å²) >= 11 is 0. The van der Waals surface area contributed by atoms with Crippen LogP contribution in [-0.4, -0.2) is 18.8 Å². The summed E-state index contributed by atoms with van der Waals surface area (Å²) in [5, 5.41) is 2.88. The van der Waals surface area contributed by atoms with Crippen molar-refractivity contribution in [1.82, 2.24) is 5.32 Å². The lowest BCUT2D eigenvalue weighted by molar-refractivity contribution is 0.171. The smallest absolute Gasteiger partial charge is 0.127 e. The molecule has 0 aromatic heterocycles. The molecule has 0 radical (unpaired) electrons. The average Bonchev–Trinajstić information content (AvgIpc) is 1.61. The van der Waals surface area contributed by atoms with Gasteiger partial charge in [0.2, 0.25) is 0 Å². The first-order chi connectivity index (χ1) is 2.80. The quantitative estimate of drug-likeness (QED) is 0.504. The minimum atomic E-state index is -0.579. The van der Waals surface area contributed by atoms with Crippen LogP contribution in [0.3, 0.4) is 0 Å². The fourth-order valence-electron chi connectivity index (χ4n) is 0.443. The van der Waals surface area contributed by atoms with Crippen molar-refractivity contribution in [3.8, 4) is 0 Å². The number of halogens is 2. The Morgan fingerprint density at radius 3 is 2.14 bits per heavy atom. The van der Waals surface area contributed by atoms with Crippen LogP contribution < -0.4 is 5.32 Å². The van der Waals surface area contributed by atoms with Crippen molar-refractivity contribution in [2.75, 3.05) is 6.54 Å². The highest BCUT2D eigenvalue weighted by molar-refractivity contribution is 5.85. The molecule has 0 spiro atoms. The number of rotatable bonds is 0. The highest BCUT2D eigenvalue weighted by atomic mass is 35.5. The van der Waals surface area contributed by atoms with E-state index in [2.05, 4.69) is 5.32 Å². The van der Waals surface area contributed by atoms with Crippen molar-refractivity contribution in [3.05, 3.63) is 0 Å². The van der Waals surface area contributed by atoms with Crippen LogP contribution in [0.4, 0.5) is 4.39 Å². The Morgan fingerprint density at radius 2 is 2.14 bits per heavy atom. The third-order valence-corrected chi connectivity index (χ3v) is 1.18. The average molecular weight is 126 g/mol. The van der Waals surface area contributed by atoms with Gasteiger partial charge >= 0.3 is 0 Å². The molecule has 3 heteroatoms. The van der Waals surface area contributed by atoms with E-state index in [1.165, 1.54) is 0 Å². The molecule has 0 amide bonds. The van der Waals surface area contributed by atoms with Gasteiger partial charge in [-0.15, -0.1) is 12.4 Å². The van der Waals surface area contributed by atoms with E-state index in [4.69, 9.17) is 0 Å². The SMILES string of the molecule is C[C@H]1NC[C@@H]1F.Cl. The van der Waals surface area contributed by atoms with Gasteiger partial charge in [-0.2, -0.15) is 0 Å². The fourth-order valence-corrected chi connectivity index (χ4v) is 0.443. The van der Waals surface area contributed by atoms with Crippen LogP contribution in [-0.2, 0) is 0 Å². The molecule has 2 atom stereocenters. The summed E-state index contributed by atoms with van der Waals surface area (Å²) in [6.45, 7) is 2.40. The zero-order chi connectivity index (χ0) is 4.57. The molecule has 7 heavy (non-hydrogen) atoms. The molecule has 1 fully saturated rings. The van der Waals surface area contributed by atoms with Gasteiger partial charge in [-0.25, -0.2) is 4.39 Å². The molecule has 0 aromatic rings. The van der Waals surface area contributed by atoms with Crippen molar-refractivity contribution >= 4 is 12.4 Å². The number of hydrogen-bond donors (Lipinski definition) is 1. The minimum Gasteiger partial charge on any atom is -0.308 e. The molecule has 1 rings (SSSR count). The molecule has 1 aliphatic rings. The van der Waals surface area contributed by atoms with E-state index in [9.17, 15) is 4.39 Å². The third-order valence-electron chi connectivity index (χ3n) is 1.18. The zero-order valence-corrected chi connectivity index (χ0v) is 4.96. The summed E-state index contributed by atoms with van der Waals surface area (Å²) in [5.41, 5.74) is 0. The summed E-state index contributed by atoms with van der Waals surface area (Å²) in [7, 11) is 0. The van der Waals surface area contributed by atoms with Gasteiger partial charge in [0.05, 0.1) is 0 Å². The van der Waals surface area contributed by atoms with Gasteiger partial charge in [0.1, 0.15) is 6.17 Å². The first-order valence-corrected chi connectivity index (χ1v) is 2.18. The van der Waals surface area contributed by atoms with Gasteiger partial charge in [0, 0.05) is 12.6 Å². The maximum Gasteiger partial charge on any atom is 0.127 e. The summed E-state index contributed by atoms with van der Waals surface area (Å²) in [6, 6.07) is 0.116. The Kier molecular flexibility index (Phi) is 2.54. The minimum absolute atomic E-state index is 0. The number of alkyl halides is 1. The molecular weight excluding hydrogens is 117 g/mol. The highest BCUT2D eigenvalue weighted by Crippen LogP contribution is 2.05. The second kappa shape index (κ2) is 2.48. The van der Waals surface area contributed by atoms with Crippen molar-refractivity contribution in [2.24, 2.45) is 0 Å². The maximum absolute atomic E-state index is 11.8. The van der Waals surface area contributed by atoms with E-state index < -0.39 is 6.17 Å². The Balaban J connectivity index is 0.000000360. The van der Waals surface area contributed by atoms with Crippen molar-refractivity contribution in [3.63, 3.8) is 0 Å². The molecule has 0 unspecified atom stereocenters. The number of hydrogen-bond acceptors (Lipinski definition) is 1. The molecular formula is C4H9ClFN. The molecule has 1 heterocycles. The van der Waals surface area contributed by atoms with E-state index in [0.717, 1.165) is 0 Å². The van der Waals surface area contributed by atoms with Crippen molar-refractivity contribution in [2.45, 2.75) is 19.1 Å². The van der Waals surface area contributed by atoms with E-state index >= 15 is 0 Å². The second-order valence-electron chi connectivity index (χ2n) is 1.71. The Morgan fingerprint density at radius 1 is 1.71 bits per heavy atom. The summed E-state index contributed by atoms with van der Waals surface area (Å²) < 4.78 is 11.8. The summed E-state index contributed by atoms with van der Waals surface area (Å²) in [4.78, 5) is 0. The normalized spacial score (nSPS) is 38.6. The third kappa shape index (κ3) is 1.28. The lowest BCUT2D eigenvalue weighted by atomic mass is 10.1. The first-order valence-electron chi connectivity index (χ1n) is 2.18. The fraction of sp³-hybridized carbons (Fsp3) is 1.00. The molecule has 44 valence electrons. The molecule has 0 aromatic carbocycles. The Hall–Kier alpha value is 0.180. The van der Waals surface area contributed by atoms with Crippen LogP contribution >= 0.6 is 12.4 Å². The van der Waals surface area contributed by atoms with Gasteiger partial charge in [0.25, 0.3) is 0 Å². The van der Waals surface area contributed by atoms with Crippen molar-refractivity contribution < 1.29 is 4.39 Å². The molecule has 0 aliphatic carbocycles. The van der Waals surface area contributed by atoms with Crippen LogP contribution in [0.5, 0.6) is 0 Å². The van der Waals surface area contributed by atoms with Crippen LogP contribution in [0.1, 0.15) is 6.92 Å². The Bertz CT molecular complexity index is 51.7. The Labute approximate surface area is 48.7 Å². The molecule has 1 nitrogen and oxygen atoms in total. The number of nitrogens with one attached hydrogen (secondary N) is 1. The van der Waals surface area contributed by atoms with Gasteiger partial charge in [-0.3, -0.25) is 0 Å². The molecule has 1 aliphatic heterocycles. The van der Waals surface area contributed by atoms with Crippen molar-refractivity contribution in [1.29, 1.82) is 0 Å². The largest absolute Gasteiger partial charge is 0.308 e. The molecule has 0 saturated carbocycles. The van der Waals surface area contributed by atoms with Gasteiger partial charge in [-0.05, 0) is 6.92 Å². The molecule has 1 saturated heterocycles.